The van der Waals surface area contributed by atoms with Crippen molar-refractivity contribution in [1.29, 1.82) is 0 Å². The number of benzene rings is 13. The monoisotopic (exact) mass is 1160 g/mol. The molecule has 0 radical (unpaired) electrons. The van der Waals surface area contributed by atoms with Gasteiger partial charge in [-0.2, -0.15) is 0 Å². The predicted molar refractivity (Wildman–Crippen MR) is 379 cm³/mol. The minimum atomic E-state index is -0.0984. The van der Waals surface area contributed by atoms with E-state index in [0.29, 0.717) is 5.95 Å². The molecule has 91 heavy (non-hydrogen) atoms. The van der Waals surface area contributed by atoms with Crippen LogP contribution in [0, 0.1) is 0 Å². The molecule has 0 saturated heterocycles. The van der Waals surface area contributed by atoms with Gasteiger partial charge >= 0.3 is 0 Å². The van der Waals surface area contributed by atoms with Crippen LogP contribution in [0.15, 0.2) is 303 Å². The summed E-state index contributed by atoms with van der Waals surface area (Å²) in [5.74, 6) is 0.617. The van der Waals surface area contributed by atoms with Crippen molar-refractivity contribution in [3.8, 4) is 78.9 Å². The summed E-state index contributed by atoms with van der Waals surface area (Å²) in [5, 5.41) is 9.65. The molecule has 5 aromatic heterocycles. The maximum Gasteiger partial charge on any atom is 0.235 e. The van der Waals surface area contributed by atoms with Gasteiger partial charge in [0.05, 0.1) is 55.5 Å². The van der Waals surface area contributed by atoms with Crippen molar-refractivity contribution >= 4 is 87.2 Å². The molecule has 0 bridgehead atoms. The fourth-order valence-corrected chi connectivity index (χ4v) is 15.3. The standard InChI is InChI=1S/C85H56N6/c1-85(2)72-28-14-9-23-62(72)63-42-41-61(51-73(63)85)90-78-31-17-12-26-66(78)70-49-57(37-45-82(70)90)58-38-46-83-71(50-58)67-27-13-18-32-79(67)91(83)84-86-74(53-19-5-3-6-20-53)52-75(87-84)54-33-39-60(40-34-54)89-77-30-16-11-25-65(77)69-48-56(36-44-81(69)89)55-35-43-80-68(47-55)64-24-10-15-29-76(64)88(80)59-21-7-4-8-22-59/h3-52H,1-2H3. The molecule has 13 aromatic carbocycles. The Labute approximate surface area is 525 Å². The number of aromatic nitrogens is 6. The molecule has 6 nitrogen and oxygen atoms in total. The molecule has 0 amide bonds. The summed E-state index contributed by atoms with van der Waals surface area (Å²) < 4.78 is 9.47. The molecule has 0 unspecified atom stereocenters. The van der Waals surface area contributed by atoms with Crippen LogP contribution in [0.3, 0.4) is 0 Å². The zero-order valence-electron chi connectivity index (χ0n) is 50.1. The zero-order valence-corrected chi connectivity index (χ0v) is 50.1. The van der Waals surface area contributed by atoms with Crippen LogP contribution in [0.1, 0.15) is 25.0 Å². The summed E-state index contributed by atoms with van der Waals surface area (Å²) in [6, 6.07) is 111. The molecule has 0 saturated carbocycles. The zero-order chi connectivity index (χ0) is 60.1. The maximum atomic E-state index is 5.50. The van der Waals surface area contributed by atoms with Crippen molar-refractivity contribution in [2.75, 3.05) is 0 Å². The molecule has 18 aromatic rings. The highest BCUT2D eigenvalue weighted by Crippen LogP contribution is 2.50. The first-order valence-corrected chi connectivity index (χ1v) is 31.4. The number of nitrogens with zero attached hydrogens (tertiary/aromatic N) is 6. The van der Waals surface area contributed by atoms with Gasteiger partial charge in [0.25, 0.3) is 0 Å². The van der Waals surface area contributed by atoms with E-state index in [9.17, 15) is 0 Å². The van der Waals surface area contributed by atoms with E-state index in [1.807, 2.05) is 0 Å². The fraction of sp³-hybridized carbons (Fsp3) is 0.0353. The average molecular weight is 1160 g/mol. The summed E-state index contributed by atoms with van der Waals surface area (Å²) in [6.45, 7) is 4.71. The minimum absolute atomic E-state index is 0.0984. The van der Waals surface area contributed by atoms with E-state index in [0.717, 1.165) is 77.9 Å². The first kappa shape index (κ1) is 51.2. The van der Waals surface area contributed by atoms with Crippen molar-refractivity contribution in [3.63, 3.8) is 0 Å². The van der Waals surface area contributed by atoms with Gasteiger partial charge in [0.2, 0.25) is 5.95 Å². The molecule has 0 aliphatic heterocycles. The van der Waals surface area contributed by atoms with Gasteiger partial charge in [0.1, 0.15) is 0 Å². The number of fused-ring (bicyclic) bond motifs is 15. The third kappa shape index (κ3) is 7.73. The highest BCUT2D eigenvalue weighted by Gasteiger charge is 2.35. The van der Waals surface area contributed by atoms with E-state index in [2.05, 4.69) is 335 Å². The third-order valence-corrected chi connectivity index (χ3v) is 19.6. The lowest BCUT2D eigenvalue weighted by molar-refractivity contribution is 0.660. The molecule has 0 fully saturated rings. The Balaban J connectivity index is 0.694. The van der Waals surface area contributed by atoms with E-state index >= 15 is 0 Å². The lowest BCUT2D eigenvalue weighted by Crippen LogP contribution is -2.15. The van der Waals surface area contributed by atoms with E-state index < -0.39 is 0 Å². The Morgan fingerprint density at radius 2 is 0.571 bits per heavy atom. The smallest absolute Gasteiger partial charge is 0.235 e. The van der Waals surface area contributed by atoms with Crippen molar-refractivity contribution in [1.82, 2.24) is 28.2 Å². The van der Waals surface area contributed by atoms with Crippen LogP contribution >= 0.6 is 0 Å². The minimum Gasteiger partial charge on any atom is -0.309 e. The molecule has 426 valence electrons. The van der Waals surface area contributed by atoms with Crippen molar-refractivity contribution in [2.45, 2.75) is 19.3 Å². The van der Waals surface area contributed by atoms with Gasteiger partial charge in [0.15, 0.2) is 0 Å². The quantitative estimate of drug-likeness (QED) is 0.152. The molecule has 1 aliphatic rings. The fourth-order valence-electron chi connectivity index (χ4n) is 15.3. The van der Waals surface area contributed by atoms with Gasteiger partial charge in [-0.05, 0) is 160 Å². The van der Waals surface area contributed by atoms with Gasteiger partial charge in [-0.15, -0.1) is 0 Å². The maximum absolute atomic E-state index is 5.50. The first-order chi connectivity index (χ1) is 44.9. The van der Waals surface area contributed by atoms with Crippen LogP contribution in [0.5, 0.6) is 0 Å². The van der Waals surface area contributed by atoms with Gasteiger partial charge in [-0.1, -0.05) is 202 Å². The number of hydrogen-bond acceptors (Lipinski definition) is 2. The Hall–Kier alpha value is -11.9. The molecular weight excluding hydrogens is 1100 g/mol. The lowest BCUT2D eigenvalue weighted by Gasteiger charge is -2.22. The van der Waals surface area contributed by atoms with Crippen molar-refractivity contribution in [3.05, 3.63) is 314 Å². The molecule has 0 N–H and O–H groups in total. The molecule has 0 atom stereocenters. The molecule has 6 heteroatoms. The Kier molecular flexibility index (Phi) is 11.0. The molecule has 5 heterocycles. The summed E-state index contributed by atoms with van der Waals surface area (Å²) in [6.07, 6.45) is 0. The van der Waals surface area contributed by atoms with Crippen LogP contribution in [0.4, 0.5) is 0 Å². The summed E-state index contributed by atoms with van der Waals surface area (Å²) in [5.41, 5.74) is 26.3. The van der Waals surface area contributed by atoms with Gasteiger partial charge < -0.3 is 13.7 Å². The Morgan fingerprint density at radius 1 is 0.231 bits per heavy atom. The topological polar surface area (TPSA) is 45.5 Å². The number of hydrogen-bond donors (Lipinski definition) is 0. The van der Waals surface area contributed by atoms with E-state index in [-0.39, 0.29) is 5.41 Å². The highest BCUT2D eigenvalue weighted by atomic mass is 15.2. The molecule has 19 rings (SSSR count). The van der Waals surface area contributed by atoms with Gasteiger partial charge in [-0.25, -0.2) is 9.97 Å². The van der Waals surface area contributed by atoms with Crippen molar-refractivity contribution < 1.29 is 0 Å². The SMILES string of the molecule is CC1(C)c2ccccc2-c2ccc(-n3c4ccccc4c4cc(-c5ccc6c(c5)c5ccccc5n6-c5nc(-c6ccccc6)cc(-c6ccc(-n7c8ccccc8c8cc(-c9ccc%10c(c9)c9ccccc9n%10-c9ccccc9)ccc87)cc6)n5)ccc43)cc21. The van der Waals surface area contributed by atoms with E-state index in [4.69, 9.17) is 9.97 Å². The van der Waals surface area contributed by atoms with E-state index in [1.165, 1.54) is 93.5 Å². The van der Waals surface area contributed by atoms with Crippen LogP contribution in [0.2, 0.25) is 0 Å². The molecular formula is C85H56N6. The second-order valence-corrected chi connectivity index (χ2v) is 24.9. The average Bonchev–Trinajstić information content (AvgIpc) is 1.63. The second-order valence-electron chi connectivity index (χ2n) is 24.9. The third-order valence-electron chi connectivity index (χ3n) is 19.6. The molecule has 1 aliphatic carbocycles. The Bertz CT molecular complexity index is 6040. The summed E-state index contributed by atoms with van der Waals surface area (Å²) >= 11 is 0. The van der Waals surface area contributed by atoms with Crippen molar-refractivity contribution in [2.24, 2.45) is 0 Å². The van der Waals surface area contributed by atoms with Crippen LogP contribution in [0.25, 0.3) is 166 Å². The predicted octanol–water partition coefficient (Wildman–Crippen LogP) is 21.8. The van der Waals surface area contributed by atoms with E-state index in [1.54, 1.807) is 0 Å². The number of para-hydroxylation sites is 5. The normalized spacial score (nSPS) is 12.8. The second kappa shape index (κ2) is 19.6. The van der Waals surface area contributed by atoms with Crippen LogP contribution < -0.4 is 0 Å². The summed E-state index contributed by atoms with van der Waals surface area (Å²) in [7, 11) is 0. The number of rotatable bonds is 8. The summed E-state index contributed by atoms with van der Waals surface area (Å²) in [4.78, 5) is 10.9. The largest absolute Gasteiger partial charge is 0.309 e. The van der Waals surface area contributed by atoms with Crippen LogP contribution in [-0.2, 0) is 5.41 Å². The van der Waals surface area contributed by atoms with Crippen LogP contribution in [-0.4, -0.2) is 28.2 Å². The molecule has 0 spiro atoms. The Morgan fingerprint density at radius 3 is 1.07 bits per heavy atom. The van der Waals surface area contributed by atoms with Gasteiger partial charge in [-0.3, -0.25) is 4.57 Å². The highest BCUT2D eigenvalue weighted by molar-refractivity contribution is 6.15. The lowest BCUT2D eigenvalue weighted by atomic mass is 9.82. The first-order valence-electron chi connectivity index (χ1n) is 31.4. The van der Waals surface area contributed by atoms with Gasteiger partial charge in [0, 0.05) is 76.7 Å².